The summed E-state index contributed by atoms with van der Waals surface area (Å²) in [5, 5.41) is 0.624. The number of aryl methyl sites for hydroxylation is 1. The van der Waals surface area contributed by atoms with E-state index in [4.69, 9.17) is 23.7 Å². The molecular weight excluding hydrogens is 434 g/mol. The van der Waals surface area contributed by atoms with Crippen LogP contribution in [0.3, 0.4) is 0 Å². The lowest BCUT2D eigenvalue weighted by Gasteiger charge is -2.09. The topological polar surface area (TPSA) is 93.2 Å². The summed E-state index contributed by atoms with van der Waals surface area (Å²) in [7, 11) is 6.08. The van der Waals surface area contributed by atoms with Gasteiger partial charge in [0.15, 0.2) is 18.1 Å². The molecule has 0 N–H and O–H groups in total. The number of carbonyl (C=O) groups excluding carboxylic acids is 2. The number of aromatic nitrogens is 1. The largest absolute Gasteiger partial charge is 0.497 e. The Hall–Kier alpha value is -3.59. The second kappa shape index (κ2) is 10.1. The Balaban J connectivity index is 1.74. The van der Waals surface area contributed by atoms with E-state index in [1.54, 1.807) is 51.5 Å². The number of ketones is 1. The first-order valence-corrected chi connectivity index (χ1v) is 10.4. The zero-order valence-corrected chi connectivity index (χ0v) is 19.2. The lowest BCUT2D eigenvalue weighted by atomic mass is 10.1. The third kappa shape index (κ3) is 4.83. The Morgan fingerprint density at radius 2 is 1.59 bits per heavy atom. The lowest BCUT2D eigenvalue weighted by molar-refractivity contribution is 0.0477. The van der Waals surface area contributed by atoms with Crippen molar-refractivity contribution in [1.82, 2.24) is 4.98 Å². The molecule has 0 aliphatic rings. The predicted octanol–water partition coefficient (Wildman–Crippen LogP) is 4.19. The minimum absolute atomic E-state index is 0.299. The van der Waals surface area contributed by atoms with Crippen molar-refractivity contribution in [2.24, 2.45) is 0 Å². The van der Waals surface area contributed by atoms with E-state index in [1.165, 1.54) is 25.6 Å². The molecule has 0 spiro atoms. The van der Waals surface area contributed by atoms with Crippen LogP contribution in [0.25, 0.3) is 10.6 Å². The first-order valence-electron chi connectivity index (χ1n) is 9.54. The Morgan fingerprint density at radius 1 is 0.875 bits per heavy atom. The molecule has 0 bridgehead atoms. The van der Waals surface area contributed by atoms with E-state index in [9.17, 15) is 9.59 Å². The maximum atomic E-state index is 12.6. The van der Waals surface area contributed by atoms with Gasteiger partial charge >= 0.3 is 5.97 Å². The summed E-state index contributed by atoms with van der Waals surface area (Å²) >= 11 is 1.18. The summed E-state index contributed by atoms with van der Waals surface area (Å²) in [6, 6.07) is 10.2. The highest BCUT2D eigenvalue weighted by atomic mass is 32.1. The normalized spacial score (nSPS) is 10.4. The first kappa shape index (κ1) is 23.1. The van der Waals surface area contributed by atoms with Crippen LogP contribution in [0.1, 0.15) is 25.7 Å². The second-order valence-corrected chi connectivity index (χ2v) is 7.57. The van der Waals surface area contributed by atoms with Gasteiger partial charge in [-0.2, -0.15) is 0 Å². The van der Waals surface area contributed by atoms with Gasteiger partial charge in [0.05, 0.1) is 39.7 Å². The van der Waals surface area contributed by atoms with Gasteiger partial charge in [-0.05, 0) is 37.3 Å². The fraction of sp³-hybridized carbons (Fsp3) is 0.261. The number of hydrogen-bond donors (Lipinski definition) is 0. The molecule has 2 aromatic carbocycles. The highest BCUT2D eigenvalue weighted by molar-refractivity contribution is 7.17. The third-order valence-electron chi connectivity index (χ3n) is 4.66. The number of esters is 1. The zero-order valence-electron chi connectivity index (χ0n) is 18.4. The van der Waals surface area contributed by atoms with Crippen LogP contribution in [0.5, 0.6) is 23.0 Å². The van der Waals surface area contributed by atoms with Gasteiger partial charge in [0, 0.05) is 11.6 Å². The molecular formula is C23H23NO7S. The number of Topliss-reactive ketones (excluding diaryl/α,β-unsaturated/α-hetero) is 1. The number of carbonyl (C=O) groups is 2. The molecule has 0 atom stereocenters. The van der Waals surface area contributed by atoms with Crippen LogP contribution in [0, 0.1) is 6.92 Å². The number of benzene rings is 2. The molecule has 9 heteroatoms. The maximum Gasteiger partial charge on any atom is 0.350 e. The van der Waals surface area contributed by atoms with E-state index in [-0.39, 0.29) is 5.78 Å². The van der Waals surface area contributed by atoms with Crippen molar-refractivity contribution in [3.05, 3.63) is 52.5 Å². The zero-order chi connectivity index (χ0) is 23.3. The molecule has 8 nitrogen and oxygen atoms in total. The van der Waals surface area contributed by atoms with Crippen LogP contribution in [0.2, 0.25) is 0 Å². The van der Waals surface area contributed by atoms with Gasteiger partial charge < -0.3 is 23.7 Å². The van der Waals surface area contributed by atoms with Crippen LogP contribution in [0.4, 0.5) is 0 Å². The Morgan fingerprint density at radius 3 is 2.25 bits per heavy atom. The van der Waals surface area contributed by atoms with Gasteiger partial charge in [-0.1, -0.05) is 0 Å². The molecule has 0 saturated heterocycles. The fourth-order valence-corrected chi connectivity index (χ4v) is 3.94. The quantitative estimate of drug-likeness (QED) is 0.349. The van der Waals surface area contributed by atoms with Crippen molar-refractivity contribution in [2.75, 3.05) is 35.0 Å². The Bertz CT molecular complexity index is 1140. The average molecular weight is 458 g/mol. The monoisotopic (exact) mass is 457 g/mol. The van der Waals surface area contributed by atoms with E-state index in [0.29, 0.717) is 44.1 Å². The number of hydrogen-bond acceptors (Lipinski definition) is 9. The standard InChI is InChI=1S/C23H23NO7S/c1-13-21(32-22(24-13)14-6-9-18(28-3)20(10-14)30-5)23(26)31-12-17(25)16-8-7-15(27-2)11-19(16)29-4/h6-11H,12H2,1-5H3. The van der Waals surface area contributed by atoms with Gasteiger partial charge in [-0.25, -0.2) is 9.78 Å². The molecule has 1 heterocycles. The van der Waals surface area contributed by atoms with Crippen LogP contribution in [-0.4, -0.2) is 51.8 Å². The molecule has 3 rings (SSSR count). The Labute approximate surface area is 189 Å². The molecule has 32 heavy (non-hydrogen) atoms. The SMILES string of the molecule is COc1ccc(C(=O)COC(=O)c2sc(-c3ccc(OC)c(OC)c3)nc2C)c(OC)c1. The van der Waals surface area contributed by atoms with Crippen molar-refractivity contribution in [2.45, 2.75) is 6.92 Å². The number of ether oxygens (including phenoxy) is 5. The van der Waals surface area contributed by atoms with Crippen molar-refractivity contribution in [3.63, 3.8) is 0 Å². The molecule has 3 aromatic rings. The average Bonchev–Trinajstić information content (AvgIpc) is 3.22. The molecule has 1 aromatic heterocycles. The van der Waals surface area contributed by atoms with Crippen LogP contribution < -0.4 is 18.9 Å². The summed E-state index contributed by atoms with van der Waals surface area (Å²) in [4.78, 5) is 30.0. The van der Waals surface area contributed by atoms with Gasteiger partial charge in [-0.15, -0.1) is 11.3 Å². The molecule has 0 radical (unpaired) electrons. The molecule has 0 unspecified atom stereocenters. The third-order valence-corrected chi connectivity index (χ3v) is 5.84. The molecule has 0 aliphatic carbocycles. The summed E-state index contributed by atoms with van der Waals surface area (Å²) in [6.07, 6.45) is 0. The summed E-state index contributed by atoms with van der Waals surface area (Å²) in [5.41, 5.74) is 1.58. The predicted molar refractivity (Wildman–Crippen MR) is 120 cm³/mol. The molecule has 0 amide bonds. The van der Waals surface area contributed by atoms with Crippen molar-refractivity contribution in [3.8, 4) is 33.6 Å². The van der Waals surface area contributed by atoms with E-state index in [2.05, 4.69) is 4.98 Å². The van der Waals surface area contributed by atoms with E-state index >= 15 is 0 Å². The van der Waals surface area contributed by atoms with E-state index in [0.717, 1.165) is 5.56 Å². The number of nitrogens with zero attached hydrogens (tertiary/aromatic N) is 1. The number of thiazole rings is 1. The summed E-state index contributed by atoms with van der Waals surface area (Å²) in [5.74, 6) is 1.04. The van der Waals surface area contributed by atoms with E-state index in [1.807, 2.05) is 6.07 Å². The van der Waals surface area contributed by atoms with Gasteiger partial charge in [0.2, 0.25) is 5.78 Å². The highest BCUT2D eigenvalue weighted by Crippen LogP contribution is 2.35. The Kier molecular flexibility index (Phi) is 7.32. The van der Waals surface area contributed by atoms with Crippen molar-refractivity contribution < 1.29 is 33.3 Å². The summed E-state index contributed by atoms with van der Waals surface area (Å²) < 4.78 is 26.2. The van der Waals surface area contributed by atoms with E-state index < -0.39 is 12.6 Å². The summed E-state index contributed by atoms with van der Waals surface area (Å²) in [6.45, 7) is 1.29. The van der Waals surface area contributed by atoms with Crippen LogP contribution in [-0.2, 0) is 4.74 Å². The number of methoxy groups -OCH3 is 4. The second-order valence-electron chi connectivity index (χ2n) is 6.57. The van der Waals surface area contributed by atoms with Gasteiger partial charge in [0.25, 0.3) is 0 Å². The maximum absolute atomic E-state index is 12.6. The highest BCUT2D eigenvalue weighted by Gasteiger charge is 2.21. The van der Waals surface area contributed by atoms with Crippen molar-refractivity contribution in [1.29, 1.82) is 0 Å². The molecule has 0 fully saturated rings. The number of rotatable bonds is 9. The minimum Gasteiger partial charge on any atom is -0.497 e. The lowest BCUT2D eigenvalue weighted by Crippen LogP contribution is -2.15. The molecule has 168 valence electrons. The minimum atomic E-state index is -0.618. The van der Waals surface area contributed by atoms with Crippen molar-refractivity contribution >= 4 is 23.1 Å². The van der Waals surface area contributed by atoms with Gasteiger partial charge in [0.1, 0.15) is 21.4 Å². The van der Waals surface area contributed by atoms with Crippen LogP contribution in [0.15, 0.2) is 36.4 Å². The fourth-order valence-electron chi connectivity index (χ4n) is 2.98. The molecule has 0 saturated carbocycles. The molecule has 0 aliphatic heterocycles. The van der Waals surface area contributed by atoms with Crippen LogP contribution >= 0.6 is 11.3 Å². The first-order chi connectivity index (χ1) is 15.4. The van der Waals surface area contributed by atoms with Gasteiger partial charge in [-0.3, -0.25) is 4.79 Å². The smallest absolute Gasteiger partial charge is 0.350 e.